The van der Waals surface area contributed by atoms with Crippen molar-refractivity contribution in [3.8, 4) is 11.5 Å². The number of rotatable bonds is 4. The maximum atomic E-state index is 13.3. The van der Waals surface area contributed by atoms with E-state index in [9.17, 15) is 4.79 Å². The van der Waals surface area contributed by atoms with Crippen LogP contribution in [0.2, 0.25) is 0 Å². The van der Waals surface area contributed by atoms with Gasteiger partial charge >= 0.3 is 6.03 Å². The molecule has 0 bridgehead atoms. The summed E-state index contributed by atoms with van der Waals surface area (Å²) >= 11 is 0. The molecule has 0 radical (unpaired) electrons. The molecule has 1 unspecified atom stereocenters. The van der Waals surface area contributed by atoms with Gasteiger partial charge in [-0.2, -0.15) is 0 Å². The van der Waals surface area contributed by atoms with Crippen molar-refractivity contribution in [1.82, 2.24) is 9.47 Å². The molecule has 28 heavy (non-hydrogen) atoms. The van der Waals surface area contributed by atoms with Crippen molar-refractivity contribution in [2.75, 3.05) is 26.1 Å². The maximum absolute atomic E-state index is 13.3. The molecule has 1 N–H and O–H groups in total. The highest BCUT2D eigenvalue weighted by Crippen LogP contribution is 2.34. The predicted molar refractivity (Wildman–Crippen MR) is 105 cm³/mol. The average molecular weight is 381 g/mol. The minimum Gasteiger partial charge on any atom is -0.497 e. The summed E-state index contributed by atoms with van der Waals surface area (Å²) in [6.45, 7) is 1.49. The monoisotopic (exact) mass is 381 g/mol. The van der Waals surface area contributed by atoms with Crippen molar-refractivity contribution in [1.29, 1.82) is 0 Å². The SMILES string of the molecule is COc1ccc(NC(=O)N2CCCn3cccc3C2c2ccoc2)c(OC)c1. The van der Waals surface area contributed by atoms with Crippen LogP contribution in [0, 0.1) is 0 Å². The largest absolute Gasteiger partial charge is 0.497 e. The number of aryl methyl sites for hydroxylation is 1. The molecule has 1 aliphatic rings. The quantitative estimate of drug-likeness (QED) is 0.738. The van der Waals surface area contributed by atoms with Gasteiger partial charge in [-0.15, -0.1) is 0 Å². The van der Waals surface area contributed by atoms with Gasteiger partial charge in [-0.25, -0.2) is 4.79 Å². The number of benzene rings is 1. The zero-order valence-electron chi connectivity index (χ0n) is 15.9. The van der Waals surface area contributed by atoms with E-state index in [1.54, 1.807) is 44.9 Å². The number of hydrogen-bond acceptors (Lipinski definition) is 4. The molecule has 2 amide bonds. The van der Waals surface area contributed by atoms with Crippen molar-refractivity contribution < 1.29 is 18.7 Å². The summed E-state index contributed by atoms with van der Waals surface area (Å²) in [5.74, 6) is 1.21. The Morgan fingerprint density at radius 2 is 2.07 bits per heavy atom. The topological polar surface area (TPSA) is 68.9 Å². The first-order valence-electron chi connectivity index (χ1n) is 9.18. The van der Waals surface area contributed by atoms with E-state index < -0.39 is 0 Å². The molecule has 7 heteroatoms. The highest BCUT2D eigenvalue weighted by atomic mass is 16.5. The number of anilines is 1. The lowest BCUT2D eigenvalue weighted by molar-refractivity contribution is 0.199. The van der Waals surface area contributed by atoms with Gasteiger partial charge in [-0.05, 0) is 36.8 Å². The third-order valence-electron chi connectivity index (χ3n) is 5.02. The molecule has 2 aromatic heterocycles. The van der Waals surface area contributed by atoms with Gasteiger partial charge in [0.1, 0.15) is 17.5 Å². The fourth-order valence-corrected chi connectivity index (χ4v) is 3.67. The number of nitrogens with zero attached hydrogens (tertiary/aromatic N) is 2. The van der Waals surface area contributed by atoms with Crippen LogP contribution in [0.15, 0.2) is 59.5 Å². The lowest BCUT2D eigenvalue weighted by atomic mass is 10.1. The van der Waals surface area contributed by atoms with Gasteiger partial charge in [0, 0.05) is 36.6 Å². The molecular formula is C21H23N3O4. The van der Waals surface area contributed by atoms with E-state index >= 15 is 0 Å². The molecule has 0 saturated heterocycles. The van der Waals surface area contributed by atoms with Crippen LogP contribution in [0.4, 0.5) is 10.5 Å². The first-order valence-corrected chi connectivity index (χ1v) is 9.18. The van der Waals surface area contributed by atoms with Crippen LogP contribution in [0.3, 0.4) is 0 Å². The van der Waals surface area contributed by atoms with Gasteiger partial charge in [0.25, 0.3) is 0 Å². The second-order valence-corrected chi connectivity index (χ2v) is 6.63. The van der Waals surface area contributed by atoms with Gasteiger partial charge in [0.2, 0.25) is 0 Å². The van der Waals surface area contributed by atoms with Crippen molar-refractivity contribution >= 4 is 11.7 Å². The molecule has 4 rings (SSSR count). The highest BCUT2D eigenvalue weighted by molar-refractivity contribution is 5.91. The molecule has 146 valence electrons. The summed E-state index contributed by atoms with van der Waals surface area (Å²) in [5, 5.41) is 2.99. The summed E-state index contributed by atoms with van der Waals surface area (Å²) < 4.78 is 18.1. The van der Waals surface area contributed by atoms with E-state index in [1.165, 1.54) is 0 Å². The Kier molecular flexibility index (Phi) is 4.97. The molecule has 0 aliphatic carbocycles. The second-order valence-electron chi connectivity index (χ2n) is 6.63. The third-order valence-corrected chi connectivity index (χ3v) is 5.02. The molecule has 3 aromatic rings. The van der Waals surface area contributed by atoms with Crippen LogP contribution in [-0.4, -0.2) is 36.3 Å². The van der Waals surface area contributed by atoms with Gasteiger partial charge in [-0.1, -0.05) is 0 Å². The summed E-state index contributed by atoms with van der Waals surface area (Å²) in [5.41, 5.74) is 2.60. The standard InChI is InChI=1S/C21H23N3O4/c1-26-16-6-7-17(19(13-16)27-2)22-21(25)24-11-4-10-23-9-3-5-18(23)20(24)15-8-12-28-14-15/h3,5-9,12-14,20H,4,10-11H2,1-2H3,(H,22,25). The highest BCUT2D eigenvalue weighted by Gasteiger charge is 2.31. The molecule has 1 aliphatic heterocycles. The van der Waals surface area contributed by atoms with E-state index in [2.05, 4.69) is 22.1 Å². The Morgan fingerprint density at radius 3 is 2.82 bits per heavy atom. The van der Waals surface area contributed by atoms with Gasteiger partial charge in [0.05, 0.1) is 32.4 Å². The zero-order chi connectivity index (χ0) is 19.5. The molecule has 1 aromatic carbocycles. The number of ether oxygens (including phenoxy) is 2. The van der Waals surface area contributed by atoms with Crippen molar-refractivity contribution in [2.24, 2.45) is 0 Å². The van der Waals surface area contributed by atoms with E-state index in [0.717, 1.165) is 24.2 Å². The molecule has 0 spiro atoms. The van der Waals surface area contributed by atoms with E-state index in [1.807, 2.05) is 17.0 Å². The minimum absolute atomic E-state index is 0.190. The summed E-state index contributed by atoms with van der Waals surface area (Å²) in [6, 6.07) is 10.9. The summed E-state index contributed by atoms with van der Waals surface area (Å²) in [4.78, 5) is 15.1. The van der Waals surface area contributed by atoms with E-state index in [4.69, 9.17) is 13.9 Å². The van der Waals surface area contributed by atoms with Crippen molar-refractivity contribution in [2.45, 2.75) is 19.0 Å². The summed E-state index contributed by atoms with van der Waals surface area (Å²) in [7, 11) is 3.16. The first kappa shape index (κ1) is 18.0. The second kappa shape index (κ2) is 7.72. The Labute approximate surface area is 163 Å². The number of methoxy groups -OCH3 is 2. The number of aromatic nitrogens is 1. The van der Waals surface area contributed by atoms with E-state index in [0.29, 0.717) is 23.7 Å². The van der Waals surface area contributed by atoms with Crippen LogP contribution in [0.1, 0.15) is 23.7 Å². The number of furan rings is 1. The number of hydrogen-bond donors (Lipinski definition) is 1. The Bertz CT molecular complexity index is 948. The number of nitrogens with one attached hydrogen (secondary N) is 1. The first-order chi connectivity index (χ1) is 13.7. The van der Waals surface area contributed by atoms with Crippen LogP contribution in [0.25, 0.3) is 0 Å². The molecule has 7 nitrogen and oxygen atoms in total. The van der Waals surface area contributed by atoms with Gasteiger partial charge in [0.15, 0.2) is 0 Å². The zero-order valence-corrected chi connectivity index (χ0v) is 15.9. The molecular weight excluding hydrogens is 358 g/mol. The van der Waals surface area contributed by atoms with Gasteiger partial charge in [-0.3, -0.25) is 0 Å². The maximum Gasteiger partial charge on any atom is 0.322 e. The molecule has 0 fully saturated rings. The number of fused-ring (bicyclic) bond motifs is 1. The lowest BCUT2D eigenvalue weighted by Gasteiger charge is -2.30. The predicted octanol–water partition coefficient (Wildman–Crippen LogP) is 4.13. The van der Waals surface area contributed by atoms with E-state index in [-0.39, 0.29) is 12.1 Å². The fourth-order valence-electron chi connectivity index (χ4n) is 3.67. The van der Waals surface area contributed by atoms with Gasteiger partial charge < -0.3 is 28.7 Å². The molecule has 0 saturated carbocycles. The van der Waals surface area contributed by atoms with Crippen molar-refractivity contribution in [3.05, 3.63) is 66.4 Å². The number of amides is 2. The third kappa shape index (κ3) is 3.31. The molecule has 1 atom stereocenters. The van der Waals surface area contributed by atoms with Crippen LogP contribution >= 0.6 is 0 Å². The minimum atomic E-state index is -0.222. The Hall–Kier alpha value is -3.35. The number of carbonyl (C=O) groups is 1. The molecule has 3 heterocycles. The fraction of sp³-hybridized carbons (Fsp3) is 0.286. The summed E-state index contributed by atoms with van der Waals surface area (Å²) in [6.07, 6.45) is 6.25. The number of urea groups is 1. The normalized spacial score (nSPS) is 16.2. The van der Waals surface area contributed by atoms with Crippen LogP contribution in [0.5, 0.6) is 11.5 Å². The van der Waals surface area contributed by atoms with Crippen LogP contribution in [-0.2, 0) is 6.54 Å². The Balaban J connectivity index is 1.66. The lowest BCUT2D eigenvalue weighted by Crippen LogP contribution is -2.38. The average Bonchev–Trinajstić information content (AvgIpc) is 3.37. The number of carbonyl (C=O) groups excluding carboxylic acids is 1. The van der Waals surface area contributed by atoms with Crippen LogP contribution < -0.4 is 14.8 Å². The smallest absolute Gasteiger partial charge is 0.322 e. The Morgan fingerprint density at radius 1 is 1.18 bits per heavy atom. The van der Waals surface area contributed by atoms with Crippen molar-refractivity contribution in [3.63, 3.8) is 0 Å².